The standard InChI is InChI=1S/C18H10ClF3N2O3S/c19-12-6-5-11(18(20,21)22)8-13(12)23-17-24-15(25)14(28-17)7-9-1-3-10(4-2-9)16(26)27/h1-8H,(H,26,27)(H,23,24,25)/b14-7-. The lowest BCUT2D eigenvalue weighted by Gasteiger charge is -2.08. The third-order valence-corrected chi connectivity index (χ3v) is 4.83. The van der Waals surface area contributed by atoms with Gasteiger partial charge in [0.15, 0.2) is 5.17 Å². The number of benzene rings is 2. The van der Waals surface area contributed by atoms with Gasteiger partial charge in [0.1, 0.15) is 0 Å². The maximum atomic E-state index is 12.8. The van der Waals surface area contributed by atoms with Crippen molar-refractivity contribution in [3.05, 3.63) is 69.1 Å². The fourth-order valence-corrected chi connectivity index (χ4v) is 3.23. The topological polar surface area (TPSA) is 78.8 Å². The van der Waals surface area contributed by atoms with Gasteiger partial charge in [-0.15, -0.1) is 0 Å². The van der Waals surface area contributed by atoms with E-state index in [-0.39, 0.29) is 26.3 Å². The summed E-state index contributed by atoms with van der Waals surface area (Å²) in [6, 6.07) is 8.58. The van der Waals surface area contributed by atoms with Crippen LogP contribution in [0.1, 0.15) is 21.5 Å². The molecule has 0 aliphatic carbocycles. The molecule has 0 aromatic heterocycles. The number of carbonyl (C=O) groups excluding carboxylic acids is 1. The van der Waals surface area contributed by atoms with E-state index < -0.39 is 23.6 Å². The van der Waals surface area contributed by atoms with Crippen molar-refractivity contribution in [1.29, 1.82) is 0 Å². The minimum Gasteiger partial charge on any atom is -0.478 e. The highest BCUT2D eigenvalue weighted by Gasteiger charge is 2.31. The number of carbonyl (C=O) groups is 2. The molecule has 0 unspecified atom stereocenters. The van der Waals surface area contributed by atoms with Gasteiger partial charge < -0.3 is 10.4 Å². The molecule has 0 atom stereocenters. The molecule has 2 aromatic rings. The average Bonchev–Trinajstić information content (AvgIpc) is 2.95. The molecule has 1 saturated heterocycles. The van der Waals surface area contributed by atoms with Crippen LogP contribution in [0.15, 0.2) is 52.4 Å². The number of hydrogen-bond donors (Lipinski definition) is 2. The number of hydrogen-bond acceptors (Lipinski definition) is 4. The minimum atomic E-state index is -4.54. The van der Waals surface area contributed by atoms with Crippen LogP contribution in [-0.2, 0) is 11.0 Å². The lowest BCUT2D eigenvalue weighted by atomic mass is 10.1. The second-order valence-electron chi connectivity index (χ2n) is 5.57. The number of amidine groups is 1. The van der Waals surface area contributed by atoms with Crippen LogP contribution in [0.25, 0.3) is 6.08 Å². The highest BCUT2D eigenvalue weighted by molar-refractivity contribution is 8.18. The van der Waals surface area contributed by atoms with Gasteiger partial charge in [0, 0.05) is 0 Å². The van der Waals surface area contributed by atoms with Crippen LogP contribution in [0.5, 0.6) is 0 Å². The summed E-state index contributed by atoms with van der Waals surface area (Å²) in [5.74, 6) is -1.55. The number of nitrogens with zero attached hydrogens (tertiary/aromatic N) is 1. The molecule has 0 spiro atoms. The molecule has 144 valence electrons. The van der Waals surface area contributed by atoms with Crippen molar-refractivity contribution in [2.45, 2.75) is 6.18 Å². The number of alkyl halides is 3. The van der Waals surface area contributed by atoms with Crippen LogP contribution in [0.2, 0.25) is 5.02 Å². The van der Waals surface area contributed by atoms with Crippen molar-refractivity contribution in [3.8, 4) is 0 Å². The summed E-state index contributed by atoms with van der Waals surface area (Å²) < 4.78 is 38.5. The normalized spacial score (nSPS) is 17.2. The third kappa shape index (κ3) is 4.55. The Hall–Kier alpha value is -2.78. The van der Waals surface area contributed by atoms with Gasteiger partial charge in [0.2, 0.25) is 0 Å². The van der Waals surface area contributed by atoms with Gasteiger partial charge in [-0.25, -0.2) is 9.79 Å². The van der Waals surface area contributed by atoms with Crippen LogP contribution < -0.4 is 5.32 Å². The number of carboxylic acids is 1. The van der Waals surface area contributed by atoms with Crippen LogP contribution in [0.4, 0.5) is 18.9 Å². The smallest absolute Gasteiger partial charge is 0.416 e. The fourth-order valence-electron chi connectivity index (χ4n) is 2.24. The van der Waals surface area contributed by atoms with E-state index in [1.54, 1.807) is 0 Å². The molecule has 2 aromatic carbocycles. The van der Waals surface area contributed by atoms with Crippen LogP contribution in [-0.4, -0.2) is 22.2 Å². The van der Waals surface area contributed by atoms with Crippen molar-refractivity contribution < 1.29 is 27.9 Å². The van der Waals surface area contributed by atoms with E-state index in [9.17, 15) is 22.8 Å². The van der Waals surface area contributed by atoms with E-state index in [4.69, 9.17) is 16.7 Å². The third-order valence-electron chi connectivity index (χ3n) is 3.60. The number of aliphatic imine (C=N–C) groups is 1. The molecule has 0 radical (unpaired) electrons. The fraction of sp³-hybridized carbons (Fsp3) is 0.0556. The Balaban J connectivity index is 1.85. The molecule has 3 rings (SSSR count). The molecule has 0 bridgehead atoms. The van der Waals surface area contributed by atoms with E-state index in [1.165, 1.54) is 30.3 Å². The number of rotatable bonds is 3. The maximum absolute atomic E-state index is 12.8. The molecule has 2 N–H and O–H groups in total. The van der Waals surface area contributed by atoms with Gasteiger partial charge in [-0.3, -0.25) is 4.79 Å². The number of thioether (sulfide) groups is 1. The Labute approximate surface area is 165 Å². The Morgan fingerprint density at radius 3 is 2.46 bits per heavy atom. The molecular weight excluding hydrogens is 417 g/mol. The summed E-state index contributed by atoms with van der Waals surface area (Å²) in [6.07, 6.45) is -3.03. The van der Waals surface area contributed by atoms with E-state index >= 15 is 0 Å². The Morgan fingerprint density at radius 2 is 1.86 bits per heavy atom. The van der Waals surface area contributed by atoms with Gasteiger partial charge in [-0.2, -0.15) is 13.2 Å². The van der Waals surface area contributed by atoms with Crippen LogP contribution in [0.3, 0.4) is 0 Å². The molecule has 1 aliphatic heterocycles. The summed E-state index contributed by atoms with van der Waals surface area (Å²) in [7, 11) is 0. The van der Waals surface area contributed by atoms with Gasteiger partial charge in [-0.05, 0) is 53.7 Å². The molecule has 28 heavy (non-hydrogen) atoms. The summed E-state index contributed by atoms with van der Waals surface area (Å²) in [5, 5.41) is 11.4. The molecule has 1 heterocycles. The number of carboxylic acid groups (broad SMARTS) is 1. The van der Waals surface area contributed by atoms with E-state index in [0.717, 1.165) is 30.0 Å². The highest BCUT2D eigenvalue weighted by atomic mass is 35.5. The van der Waals surface area contributed by atoms with Crippen molar-refractivity contribution >= 4 is 52.2 Å². The first kappa shape index (κ1) is 20.0. The Bertz CT molecular complexity index is 1020. The molecule has 0 saturated carbocycles. The zero-order valence-corrected chi connectivity index (χ0v) is 15.3. The lowest BCUT2D eigenvalue weighted by Crippen LogP contribution is -2.19. The summed E-state index contributed by atoms with van der Waals surface area (Å²) in [5.41, 5.74) is -0.334. The number of nitrogens with one attached hydrogen (secondary N) is 1. The van der Waals surface area contributed by atoms with Crippen molar-refractivity contribution in [3.63, 3.8) is 0 Å². The Morgan fingerprint density at radius 1 is 1.18 bits per heavy atom. The zero-order valence-electron chi connectivity index (χ0n) is 13.7. The molecule has 5 nitrogen and oxygen atoms in total. The highest BCUT2D eigenvalue weighted by Crippen LogP contribution is 2.36. The minimum absolute atomic E-state index is 0.0111. The van der Waals surface area contributed by atoms with E-state index in [2.05, 4.69) is 10.3 Å². The second kappa shape index (κ2) is 7.69. The summed E-state index contributed by atoms with van der Waals surface area (Å²) in [4.78, 5) is 27.2. The molecule has 1 fully saturated rings. The summed E-state index contributed by atoms with van der Waals surface area (Å²) in [6.45, 7) is 0. The van der Waals surface area contributed by atoms with Gasteiger partial charge in [-0.1, -0.05) is 23.7 Å². The SMILES string of the molecule is O=C1NC(=Nc2cc(C(F)(F)F)ccc2Cl)S/C1=C\c1ccc(C(=O)O)cc1. The second-order valence-corrected chi connectivity index (χ2v) is 7.01. The molecule has 1 aliphatic rings. The number of aromatic carboxylic acids is 1. The van der Waals surface area contributed by atoms with E-state index in [0.29, 0.717) is 5.56 Å². The predicted octanol–water partition coefficient (Wildman–Crippen LogP) is 4.95. The maximum Gasteiger partial charge on any atom is 0.416 e. The van der Waals surface area contributed by atoms with Crippen molar-refractivity contribution in [2.24, 2.45) is 4.99 Å². The lowest BCUT2D eigenvalue weighted by molar-refractivity contribution is -0.137. The van der Waals surface area contributed by atoms with Gasteiger partial charge >= 0.3 is 12.1 Å². The quantitative estimate of drug-likeness (QED) is 0.681. The number of amides is 1. The van der Waals surface area contributed by atoms with Gasteiger partial charge in [0.25, 0.3) is 5.91 Å². The van der Waals surface area contributed by atoms with Crippen LogP contribution in [0, 0.1) is 0 Å². The Kier molecular flexibility index (Phi) is 5.48. The summed E-state index contributed by atoms with van der Waals surface area (Å²) >= 11 is 6.84. The zero-order chi connectivity index (χ0) is 20.5. The van der Waals surface area contributed by atoms with Crippen molar-refractivity contribution in [1.82, 2.24) is 5.32 Å². The first-order valence-corrected chi connectivity index (χ1v) is 8.82. The monoisotopic (exact) mass is 426 g/mol. The molecular formula is C18H10ClF3N2O3S. The molecule has 1 amide bonds. The number of halogens is 4. The predicted molar refractivity (Wildman–Crippen MR) is 101 cm³/mol. The van der Waals surface area contributed by atoms with Gasteiger partial charge in [0.05, 0.1) is 26.7 Å². The first-order valence-electron chi connectivity index (χ1n) is 7.63. The van der Waals surface area contributed by atoms with E-state index in [1.807, 2.05) is 0 Å². The van der Waals surface area contributed by atoms with Crippen molar-refractivity contribution in [2.75, 3.05) is 0 Å². The first-order chi connectivity index (χ1) is 13.1. The molecule has 10 heteroatoms. The largest absolute Gasteiger partial charge is 0.478 e. The van der Waals surface area contributed by atoms with Crippen LogP contribution >= 0.6 is 23.4 Å². The average molecular weight is 427 g/mol.